The minimum absolute atomic E-state index is 0.105. The molecule has 144 valence electrons. The second kappa shape index (κ2) is 5.93. The van der Waals surface area contributed by atoms with E-state index in [9.17, 15) is 4.79 Å². The second-order valence-electron chi connectivity index (χ2n) is 8.10. The van der Waals surface area contributed by atoms with Crippen LogP contribution in [0, 0.1) is 0 Å². The maximum Gasteiger partial charge on any atom is 0.194 e. The number of para-hydroxylation sites is 2. The lowest BCUT2D eigenvalue weighted by Crippen LogP contribution is -2.10. The van der Waals surface area contributed by atoms with E-state index in [4.69, 9.17) is 0 Å². The van der Waals surface area contributed by atoms with Gasteiger partial charge < -0.3 is 4.57 Å². The molecule has 0 saturated carbocycles. The van der Waals surface area contributed by atoms with Crippen molar-refractivity contribution in [1.29, 1.82) is 0 Å². The standard InChI is InChI=1S/C29H17NO/c31-29-22-11-2-1-8-18(22)21-16-17-27(23-12-7-13-24(29)28(21)23)30-25-14-5-3-9-19(25)20-10-4-6-15-26(20)30/h1-17H. The van der Waals surface area contributed by atoms with Gasteiger partial charge in [0.15, 0.2) is 5.78 Å². The maximum atomic E-state index is 13.3. The Morgan fingerprint density at radius 2 is 1.03 bits per heavy atom. The molecule has 0 atom stereocenters. The van der Waals surface area contributed by atoms with Crippen LogP contribution in [0.5, 0.6) is 0 Å². The smallest absolute Gasteiger partial charge is 0.194 e. The number of rotatable bonds is 1. The average molecular weight is 395 g/mol. The van der Waals surface area contributed by atoms with Crippen LogP contribution in [0.2, 0.25) is 0 Å². The molecule has 6 aromatic rings. The van der Waals surface area contributed by atoms with Crippen LogP contribution in [-0.2, 0) is 0 Å². The van der Waals surface area contributed by atoms with E-state index in [1.165, 1.54) is 21.8 Å². The highest BCUT2D eigenvalue weighted by molar-refractivity contribution is 6.27. The van der Waals surface area contributed by atoms with Gasteiger partial charge >= 0.3 is 0 Å². The second-order valence-corrected chi connectivity index (χ2v) is 8.10. The first kappa shape index (κ1) is 16.6. The van der Waals surface area contributed by atoms with E-state index < -0.39 is 0 Å². The highest BCUT2D eigenvalue weighted by Gasteiger charge is 2.26. The molecule has 0 aliphatic heterocycles. The molecule has 2 heteroatoms. The van der Waals surface area contributed by atoms with Gasteiger partial charge in [0.25, 0.3) is 0 Å². The summed E-state index contributed by atoms with van der Waals surface area (Å²) >= 11 is 0. The Morgan fingerprint density at radius 1 is 0.452 bits per heavy atom. The summed E-state index contributed by atoms with van der Waals surface area (Å²) in [6, 6.07) is 35.5. The topological polar surface area (TPSA) is 22.0 Å². The molecule has 0 radical (unpaired) electrons. The van der Waals surface area contributed by atoms with Crippen LogP contribution in [-0.4, -0.2) is 10.4 Å². The van der Waals surface area contributed by atoms with Crippen molar-refractivity contribution in [2.75, 3.05) is 0 Å². The molecule has 31 heavy (non-hydrogen) atoms. The van der Waals surface area contributed by atoms with Crippen molar-refractivity contribution >= 4 is 38.4 Å². The van der Waals surface area contributed by atoms with Gasteiger partial charge in [-0.05, 0) is 29.3 Å². The SMILES string of the molecule is O=C1c2ccccc2-c2ccc(-n3c4ccccc4c4ccccc43)c3cccc1c23. The van der Waals surface area contributed by atoms with Gasteiger partial charge in [0.05, 0.1) is 16.7 Å². The molecule has 0 fully saturated rings. The highest BCUT2D eigenvalue weighted by Crippen LogP contribution is 2.43. The molecular weight excluding hydrogens is 378 g/mol. The molecule has 7 rings (SSSR count). The summed E-state index contributed by atoms with van der Waals surface area (Å²) in [6.45, 7) is 0. The van der Waals surface area contributed by atoms with E-state index in [2.05, 4.69) is 77.4 Å². The van der Waals surface area contributed by atoms with Gasteiger partial charge in [0, 0.05) is 32.7 Å². The number of nitrogens with zero attached hydrogens (tertiary/aromatic N) is 1. The van der Waals surface area contributed by atoms with Crippen molar-refractivity contribution in [3.05, 3.63) is 114 Å². The number of carbonyl (C=O) groups is 1. The summed E-state index contributed by atoms with van der Waals surface area (Å²) in [5.74, 6) is 0.105. The predicted octanol–water partition coefficient (Wildman–Crippen LogP) is 7.15. The van der Waals surface area contributed by atoms with E-state index >= 15 is 0 Å². The van der Waals surface area contributed by atoms with Gasteiger partial charge in [-0.15, -0.1) is 0 Å². The first-order valence-electron chi connectivity index (χ1n) is 10.5. The predicted molar refractivity (Wildman–Crippen MR) is 127 cm³/mol. The Kier molecular flexibility index (Phi) is 3.18. The molecule has 1 heterocycles. The van der Waals surface area contributed by atoms with Gasteiger partial charge in [-0.25, -0.2) is 0 Å². The number of aromatic nitrogens is 1. The van der Waals surface area contributed by atoms with Crippen molar-refractivity contribution in [3.63, 3.8) is 0 Å². The van der Waals surface area contributed by atoms with Crippen LogP contribution < -0.4 is 0 Å². The van der Waals surface area contributed by atoms with Crippen molar-refractivity contribution in [3.8, 4) is 16.8 Å². The van der Waals surface area contributed by atoms with Crippen molar-refractivity contribution in [1.82, 2.24) is 4.57 Å². The van der Waals surface area contributed by atoms with Crippen LogP contribution in [0.15, 0.2) is 103 Å². The highest BCUT2D eigenvalue weighted by atomic mass is 16.1. The third-order valence-electron chi connectivity index (χ3n) is 6.55. The van der Waals surface area contributed by atoms with Crippen LogP contribution in [0.1, 0.15) is 15.9 Å². The molecule has 5 aromatic carbocycles. The first-order chi connectivity index (χ1) is 15.3. The Bertz CT molecular complexity index is 1650. The molecule has 1 aliphatic rings. The van der Waals surface area contributed by atoms with Crippen LogP contribution in [0.25, 0.3) is 49.4 Å². The van der Waals surface area contributed by atoms with Gasteiger partial charge in [0.2, 0.25) is 0 Å². The van der Waals surface area contributed by atoms with Gasteiger partial charge in [0.1, 0.15) is 0 Å². The molecule has 0 bridgehead atoms. The monoisotopic (exact) mass is 395 g/mol. The normalized spacial score (nSPS) is 12.6. The molecule has 0 spiro atoms. The number of hydrogen-bond acceptors (Lipinski definition) is 1. The third kappa shape index (κ3) is 2.09. The quantitative estimate of drug-likeness (QED) is 0.289. The van der Waals surface area contributed by atoms with E-state index in [0.29, 0.717) is 0 Å². The molecule has 1 aromatic heterocycles. The lowest BCUT2D eigenvalue weighted by atomic mass is 9.82. The fraction of sp³-hybridized carbons (Fsp3) is 0. The summed E-state index contributed by atoms with van der Waals surface area (Å²) in [6.07, 6.45) is 0. The van der Waals surface area contributed by atoms with Crippen LogP contribution in [0.4, 0.5) is 0 Å². The van der Waals surface area contributed by atoms with Crippen molar-refractivity contribution in [2.24, 2.45) is 0 Å². The number of ketones is 1. The molecule has 0 unspecified atom stereocenters. The Balaban J connectivity index is 1.66. The minimum Gasteiger partial charge on any atom is -0.309 e. The maximum absolute atomic E-state index is 13.3. The zero-order chi connectivity index (χ0) is 20.5. The lowest BCUT2D eigenvalue weighted by Gasteiger charge is -2.22. The van der Waals surface area contributed by atoms with Gasteiger partial charge in [-0.3, -0.25) is 4.79 Å². The zero-order valence-corrected chi connectivity index (χ0v) is 16.7. The van der Waals surface area contributed by atoms with E-state index in [1.807, 2.05) is 30.3 Å². The molecule has 2 nitrogen and oxygen atoms in total. The summed E-state index contributed by atoms with van der Waals surface area (Å²) in [4.78, 5) is 13.3. The fourth-order valence-electron chi connectivity index (χ4n) is 5.24. The summed E-state index contributed by atoms with van der Waals surface area (Å²) in [5, 5.41) is 4.62. The number of hydrogen-bond donors (Lipinski definition) is 0. The largest absolute Gasteiger partial charge is 0.309 e. The number of carbonyl (C=O) groups excluding carboxylic acids is 1. The minimum atomic E-state index is 0.105. The Morgan fingerprint density at radius 3 is 1.77 bits per heavy atom. The summed E-state index contributed by atoms with van der Waals surface area (Å²) in [5.41, 5.74) is 7.17. The Labute approximate surface area is 179 Å². The van der Waals surface area contributed by atoms with E-state index in [1.54, 1.807) is 0 Å². The Hall–Kier alpha value is -4.17. The average Bonchev–Trinajstić information content (AvgIpc) is 3.16. The van der Waals surface area contributed by atoms with E-state index in [-0.39, 0.29) is 5.78 Å². The van der Waals surface area contributed by atoms with Crippen LogP contribution in [0.3, 0.4) is 0 Å². The molecule has 0 amide bonds. The summed E-state index contributed by atoms with van der Waals surface area (Å²) < 4.78 is 2.33. The summed E-state index contributed by atoms with van der Waals surface area (Å²) in [7, 11) is 0. The van der Waals surface area contributed by atoms with E-state index in [0.717, 1.165) is 38.7 Å². The van der Waals surface area contributed by atoms with Crippen molar-refractivity contribution in [2.45, 2.75) is 0 Å². The molecule has 0 saturated heterocycles. The molecule has 1 aliphatic carbocycles. The fourth-order valence-corrected chi connectivity index (χ4v) is 5.24. The van der Waals surface area contributed by atoms with Crippen LogP contribution >= 0.6 is 0 Å². The van der Waals surface area contributed by atoms with Gasteiger partial charge in [-0.2, -0.15) is 0 Å². The third-order valence-corrected chi connectivity index (χ3v) is 6.55. The van der Waals surface area contributed by atoms with Gasteiger partial charge in [-0.1, -0.05) is 84.9 Å². The number of fused-ring (bicyclic) bond motifs is 5. The first-order valence-corrected chi connectivity index (χ1v) is 10.5. The van der Waals surface area contributed by atoms with Crippen molar-refractivity contribution < 1.29 is 4.79 Å². The number of benzene rings is 5. The molecular formula is C29H17NO. The zero-order valence-electron chi connectivity index (χ0n) is 16.7. The lowest BCUT2D eigenvalue weighted by molar-refractivity contribution is 0.104. The molecule has 0 N–H and O–H groups in total.